The van der Waals surface area contributed by atoms with Crippen molar-refractivity contribution >= 4 is 11.7 Å². The van der Waals surface area contributed by atoms with E-state index in [1.54, 1.807) is 30.1 Å². The van der Waals surface area contributed by atoms with Gasteiger partial charge in [-0.15, -0.1) is 0 Å². The van der Waals surface area contributed by atoms with Gasteiger partial charge in [0.2, 0.25) is 0 Å². The molecule has 0 unspecified atom stereocenters. The number of nitrogens with zero attached hydrogens (tertiary/aromatic N) is 4. The molecule has 7 heteroatoms. The number of pyridine rings is 1. The van der Waals surface area contributed by atoms with E-state index in [2.05, 4.69) is 20.3 Å². The molecule has 2 aromatic heterocycles. The van der Waals surface area contributed by atoms with E-state index in [9.17, 15) is 9.18 Å². The number of hydrogen-bond acceptors (Lipinski definition) is 4. The molecule has 0 saturated carbocycles. The average molecular weight is 303 g/mol. The summed E-state index contributed by atoms with van der Waals surface area (Å²) in [5.74, 6) is 0.302. The number of nitrogens with one attached hydrogen (secondary N) is 1. The van der Waals surface area contributed by atoms with Crippen molar-refractivity contribution in [3.05, 3.63) is 42.1 Å². The zero-order valence-corrected chi connectivity index (χ0v) is 12.4. The van der Waals surface area contributed by atoms with Gasteiger partial charge >= 0.3 is 0 Å². The topological polar surface area (TPSA) is 63.1 Å². The van der Waals surface area contributed by atoms with Gasteiger partial charge in [0.05, 0.1) is 6.20 Å². The summed E-state index contributed by atoms with van der Waals surface area (Å²) in [5.41, 5.74) is 0.435. The second-order valence-electron chi connectivity index (χ2n) is 5.44. The van der Waals surface area contributed by atoms with Crippen LogP contribution in [0.5, 0.6) is 0 Å². The molecule has 0 spiro atoms. The Morgan fingerprint density at radius 2 is 2.09 bits per heavy atom. The second kappa shape index (κ2) is 6.13. The largest absolute Gasteiger partial charge is 0.356 e. The first kappa shape index (κ1) is 14.5. The summed E-state index contributed by atoms with van der Waals surface area (Å²) in [5, 5.41) is 7.10. The zero-order valence-electron chi connectivity index (χ0n) is 12.4. The van der Waals surface area contributed by atoms with Crippen molar-refractivity contribution in [3.63, 3.8) is 0 Å². The summed E-state index contributed by atoms with van der Waals surface area (Å²) in [7, 11) is 1.78. The van der Waals surface area contributed by atoms with Crippen LogP contribution < -0.4 is 10.2 Å². The lowest BCUT2D eigenvalue weighted by atomic mass is 10.0. The van der Waals surface area contributed by atoms with Crippen LogP contribution in [0.15, 0.2) is 30.6 Å². The fourth-order valence-corrected chi connectivity index (χ4v) is 2.60. The van der Waals surface area contributed by atoms with E-state index in [0.29, 0.717) is 5.69 Å². The molecule has 0 aromatic carbocycles. The Labute approximate surface area is 128 Å². The van der Waals surface area contributed by atoms with Crippen LogP contribution in [0.3, 0.4) is 0 Å². The molecule has 1 N–H and O–H groups in total. The molecule has 3 rings (SSSR count). The molecule has 0 radical (unpaired) electrons. The highest BCUT2D eigenvalue weighted by Gasteiger charge is 2.22. The minimum atomic E-state index is -0.332. The van der Waals surface area contributed by atoms with E-state index in [0.717, 1.165) is 31.7 Å². The van der Waals surface area contributed by atoms with E-state index in [1.807, 2.05) is 0 Å². The fourth-order valence-electron chi connectivity index (χ4n) is 2.60. The maximum Gasteiger partial charge on any atom is 0.271 e. The van der Waals surface area contributed by atoms with Crippen LogP contribution in [0.25, 0.3) is 0 Å². The van der Waals surface area contributed by atoms with Gasteiger partial charge in [-0.05, 0) is 31.0 Å². The van der Waals surface area contributed by atoms with E-state index < -0.39 is 0 Å². The quantitative estimate of drug-likeness (QED) is 0.930. The number of rotatable bonds is 3. The molecule has 116 valence electrons. The van der Waals surface area contributed by atoms with Gasteiger partial charge in [0.25, 0.3) is 5.91 Å². The van der Waals surface area contributed by atoms with E-state index >= 15 is 0 Å². The van der Waals surface area contributed by atoms with Gasteiger partial charge in [0.1, 0.15) is 17.3 Å². The van der Waals surface area contributed by atoms with Crippen LogP contribution in [0.2, 0.25) is 0 Å². The van der Waals surface area contributed by atoms with E-state index in [-0.39, 0.29) is 17.8 Å². The number of aryl methyl sites for hydroxylation is 1. The lowest BCUT2D eigenvalue weighted by Gasteiger charge is -2.33. The smallest absolute Gasteiger partial charge is 0.271 e. The van der Waals surface area contributed by atoms with Crippen LogP contribution in [0.1, 0.15) is 23.3 Å². The molecule has 1 aliphatic heterocycles. The van der Waals surface area contributed by atoms with Gasteiger partial charge in [-0.3, -0.25) is 9.48 Å². The van der Waals surface area contributed by atoms with Crippen LogP contribution in [-0.2, 0) is 7.05 Å². The Morgan fingerprint density at radius 1 is 1.32 bits per heavy atom. The summed E-state index contributed by atoms with van der Waals surface area (Å²) in [6, 6.07) is 4.93. The SMILES string of the molecule is Cn1ccc(C(=O)NC2CCN(c3ccc(F)cn3)CC2)n1. The van der Waals surface area contributed by atoms with Crippen molar-refractivity contribution in [3.8, 4) is 0 Å². The lowest BCUT2D eigenvalue weighted by molar-refractivity contribution is 0.0925. The van der Waals surface area contributed by atoms with Crippen molar-refractivity contribution in [1.82, 2.24) is 20.1 Å². The third-order valence-electron chi connectivity index (χ3n) is 3.81. The van der Waals surface area contributed by atoms with Crippen molar-refractivity contribution in [2.45, 2.75) is 18.9 Å². The first-order valence-corrected chi connectivity index (χ1v) is 7.29. The normalized spacial score (nSPS) is 15.8. The van der Waals surface area contributed by atoms with Crippen LogP contribution >= 0.6 is 0 Å². The molecule has 3 heterocycles. The molecular weight excluding hydrogens is 285 g/mol. The van der Waals surface area contributed by atoms with E-state index in [4.69, 9.17) is 0 Å². The molecule has 6 nitrogen and oxygen atoms in total. The fraction of sp³-hybridized carbons (Fsp3) is 0.400. The van der Waals surface area contributed by atoms with Gasteiger partial charge in [-0.25, -0.2) is 9.37 Å². The van der Waals surface area contributed by atoms with Crippen LogP contribution in [-0.4, -0.2) is 39.8 Å². The molecule has 1 aliphatic rings. The predicted molar refractivity (Wildman–Crippen MR) is 80.1 cm³/mol. The highest BCUT2D eigenvalue weighted by Crippen LogP contribution is 2.18. The van der Waals surface area contributed by atoms with Gasteiger partial charge < -0.3 is 10.2 Å². The van der Waals surface area contributed by atoms with Crippen molar-refractivity contribution in [2.75, 3.05) is 18.0 Å². The summed E-state index contributed by atoms with van der Waals surface area (Å²) in [4.78, 5) is 18.2. The maximum atomic E-state index is 12.9. The molecule has 0 aliphatic carbocycles. The van der Waals surface area contributed by atoms with Crippen LogP contribution in [0, 0.1) is 5.82 Å². The highest BCUT2D eigenvalue weighted by molar-refractivity contribution is 5.92. The first-order valence-electron chi connectivity index (χ1n) is 7.29. The third-order valence-corrected chi connectivity index (χ3v) is 3.81. The number of aromatic nitrogens is 3. The molecule has 1 amide bonds. The molecule has 0 atom stereocenters. The molecule has 22 heavy (non-hydrogen) atoms. The number of carbonyl (C=O) groups is 1. The van der Waals surface area contributed by atoms with Crippen LogP contribution in [0.4, 0.5) is 10.2 Å². The number of carbonyl (C=O) groups excluding carboxylic acids is 1. The molecule has 1 fully saturated rings. The van der Waals surface area contributed by atoms with Crippen molar-refractivity contribution in [2.24, 2.45) is 7.05 Å². The van der Waals surface area contributed by atoms with Crippen molar-refractivity contribution in [1.29, 1.82) is 0 Å². The molecule has 2 aromatic rings. The Balaban J connectivity index is 1.53. The minimum absolute atomic E-state index is 0.131. The van der Waals surface area contributed by atoms with E-state index in [1.165, 1.54) is 12.3 Å². The Hall–Kier alpha value is -2.44. The summed E-state index contributed by atoms with van der Waals surface area (Å²) < 4.78 is 14.5. The van der Waals surface area contributed by atoms with Gasteiger partial charge in [-0.1, -0.05) is 0 Å². The monoisotopic (exact) mass is 303 g/mol. The average Bonchev–Trinajstić information content (AvgIpc) is 2.96. The zero-order chi connectivity index (χ0) is 15.5. The number of amides is 1. The summed E-state index contributed by atoms with van der Waals surface area (Å²) in [6.07, 6.45) is 4.64. The minimum Gasteiger partial charge on any atom is -0.356 e. The number of hydrogen-bond donors (Lipinski definition) is 1. The van der Waals surface area contributed by atoms with Gasteiger partial charge in [-0.2, -0.15) is 5.10 Å². The van der Waals surface area contributed by atoms with Gasteiger partial charge in [0, 0.05) is 32.4 Å². The van der Waals surface area contributed by atoms with Gasteiger partial charge in [0.15, 0.2) is 0 Å². The Morgan fingerprint density at radius 3 is 2.68 bits per heavy atom. The molecule has 0 bridgehead atoms. The first-order chi connectivity index (χ1) is 10.6. The lowest BCUT2D eigenvalue weighted by Crippen LogP contribution is -2.45. The number of halogens is 1. The second-order valence-corrected chi connectivity index (χ2v) is 5.44. The summed E-state index contributed by atoms with van der Waals surface area (Å²) >= 11 is 0. The maximum absolute atomic E-state index is 12.9. The standard InChI is InChI=1S/C15H18FN5O/c1-20-7-6-13(19-20)15(22)18-12-4-8-21(9-5-12)14-3-2-11(16)10-17-14/h2-3,6-7,10,12H,4-5,8-9H2,1H3,(H,18,22). The predicted octanol–water partition coefficient (Wildman–Crippen LogP) is 1.35. The third kappa shape index (κ3) is 3.24. The number of piperidine rings is 1. The molecular formula is C15H18FN5O. The Kier molecular flexibility index (Phi) is 4.04. The highest BCUT2D eigenvalue weighted by atomic mass is 19.1. The Bertz CT molecular complexity index is 646. The summed E-state index contributed by atoms with van der Waals surface area (Å²) in [6.45, 7) is 1.57. The number of anilines is 1. The van der Waals surface area contributed by atoms with Crippen molar-refractivity contribution < 1.29 is 9.18 Å². The molecule has 1 saturated heterocycles.